The first-order chi connectivity index (χ1) is 48.1. The van der Waals surface area contributed by atoms with Gasteiger partial charge >= 0.3 is 0 Å². The monoisotopic (exact) mass is 1450 g/mol. The van der Waals surface area contributed by atoms with E-state index in [-0.39, 0.29) is 26.1 Å². The number of ether oxygens (including phenoxy) is 12. The maximum Gasteiger partial charge on any atom is 0.252 e. The lowest BCUT2D eigenvalue weighted by Gasteiger charge is -2.51. The lowest BCUT2D eigenvalue weighted by atomic mass is 9.92. The third kappa shape index (κ3) is 19.2. The Kier molecular flexibility index (Phi) is 29.4. The first-order valence-corrected chi connectivity index (χ1v) is 33.2. The van der Waals surface area contributed by atoms with Crippen LogP contribution in [0.5, 0.6) is 0 Å². The van der Waals surface area contributed by atoms with Crippen LogP contribution in [0.25, 0.3) is 0 Å². The van der Waals surface area contributed by atoms with Gasteiger partial charge in [-0.25, -0.2) is 0 Å². The van der Waals surface area contributed by atoms with Crippen molar-refractivity contribution in [3.05, 3.63) is 23.8 Å². The van der Waals surface area contributed by atoms with E-state index in [1.54, 1.807) is 17.1 Å². The van der Waals surface area contributed by atoms with Crippen molar-refractivity contribution in [2.24, 2.45) is 0 Å². The fourth-order valence-corrected chi connectivity index (χ4v) is 12.6. The van der Waals surface area contributed by atoms with E-state index in [2.05, 4.69) is 52.5 Å². The van der Waals surface area contributed by atoms with Crippen LogP contribution in [0.3, 0.4) is 0 Å². The van der Waals surface area contributed by atoms with Gasteiger partial charge in [0.1, 0.15) is 122 Å². The highest BCUT2D eigenvalue weighted by Crippen LogP contribution is 2.38. The molecule has 101 heavy (non-hydrogen) atoms. The molecule has 42 heteroatoms. The predicted molar refractivity (Wildman–Crippen MR) is 329 cm³/mol. The van der Waals surface area contributed by atoms with E-state index in [0.29, 0.717) is 31.5 Å². The minimum atomic E-state index is -2.41. The van der Waals surface area contributed by atoms with Gasteiger partial charge in [0.15, 0.2) is 49.8 Å². The lowest BCUT2D eigenvalue weighted by Crippen LogP contribution is -2.72. The quantitative estimate of drug-likeness (QED) is 0.0323. The molecule has 6 saturated heterocycles. The molecule has 6 fully saturated rings. The molecule has 2 aromatic heterocycles. The number of nitrogens with one attached hydrogen (secondary N) is 6. The van der Waals surface area contributed by atoms with Crippen molar-refractivity contribution in [2.75, 3.05) is 47.1 Å². The molecule has 12 unspecified atom stereocenters. The van der Waals surface area contributed by atoms with E-state index in [0.717, 1.165) is 40.6 Å². The number of nitrogens with zero attached hydrogens (tertiary/aromatic N) is 6. The number of hydrogen-bond acceptors (Lipinski definition) is 34. The van der Waals surface area contributed by atoms with Gasteiger partial charge in [-0.1, -0.05) is 24.3 Å². The molecule has 6 amide bonds. The number of carbonyl (C=O) groups excluding carboxylic acids is 6. The molecule has 18 N–H and O–H groups in total. The number of aliphatic hydroxyl groups excluding tert-OH is 12. The standard InChI is InChI=1S/C59H96N12O30/c1-9-26-17-70(68-66-26)15-11-13-61-53(88)49-46(90-8)37(81)40(84)57(99-49)95-44-33(65-25(6)77)56(93-30(21-74)35(44)79)98-48-39(83)42(86)59(101-51(48)54(89)62-14-12-16-71-18-27(10-2)67-69-71)96-45-32(64-24(5)76)55(92-29(20-73)36(45)80)97-47-38(82)41(85)58(100-50(47)52(87)60-7)94-43-31(63-23(4)75)22(3)91-28(19-72)34(43)78/h17-18,22,28-51,55-59,72-74,78-86H,9-16,19-21H2,1-8H3,(H,60,87)(H,61,88)(H,62,89)(H,63,75)(H,64,76)(H,65,77)/t22-,28?,29?,30?,31?,32?,33?,34+,35+,36+,37+,38+,39+,40?,41?,42?,43+,44+,45+,46-,47-,48-,49?,50?,51?,55-,56-,57+,58+,59+/m0/s1. The summed E-state index contributed by atoms with van der Waals surface area (Å²) in [7, 11) is 2.30. The largest absolute Gasteiger partial charge is 0.394 e. The zero-order valence-corrected chi connectivity index (χ0v) is 56.7. The number of aliphatic hydroxyl groups is 12. The van der Waals surface area contributed by atoms with Gasteiger partial charge in [-0.15, -0.1) is 10.2 Å². The van der Waals surface area contributed by atoms with Crippen molar-refractivity contribution < 1.29 is 147 Å². The van der Waals surface area contributed by atoms with Crippen LogP contribution < -0.4 is 31.9 Å². The lowest BCUT2D eigenvalue weighted by molar-refractivity contribution is -0.375. The molecule has 0 saturated carbocycles. The van der Waals surface area contributed by atoms with E-state index in [1.165, 1.54) is 11.6 Å². The SMILES string of the molecule is CCc1cn(CCCNC(=O)C2O[C@@H](O[C@@H]3C(NC(C)=O)[C@H](O[C@@H]4C(C(=O)NCCCn5cc(CC)nn5)O[C@@H](O[C@@H]5C(NC(C)=O)[C@H](O[C@@H]6C(C(=O)NC)O[C@@H](O[C@@H]7C(NC(C)=O)[C@H](C)OC(CO)[C@H]7O)C(O)[C@H]6O)OC(CO)[C@H]5O)C(O)[C@H]4O)OC(CO)[C@H]3O)C(O)[C@@H](O)[C@@H]2OC)nn1. The predicted octanol–water partition coefficient (Wildman–Crippen LogP) is -11.5. The van der Waals surface area contributed by atoms with Gasteiger partial charge in [-0.2, -0.15) is 0 Å². The number of methoxy groups -OCH3 is 1. The molecule has 30 atom stereocenters. The normalized spacial score (nSPS) is 39.0. The third-order valence-corrected chi connectivity index (χ3v) is 18.0. The molecule has 8 heterocycles. The van der Waals surface area contributed by atoms with Crippen molar-refractivity contribution in [3.8, 4) is 0 Å². The van der Waals surface area contributed by atoms with Gasteiger partial charge in [0.2, 0.25) is 17.7 Å². The molecule has 6 aliphatic heterocycles. The summed E-state index contributed by atoms with van der Waals surface area (Å²) >= 11 is 0. The Bertz CT molecular complexity index is 3020. The van der Waals surface area contributed by atoms with Crippen LogP contribution >= 0.6 is 0 Å². The summed E-state index contributed by atoms with van der Waals surface area (Å²) in [6.07, 6.45) is -47.4. The second-order valence-electron chi connectivity index (χ2n) is 25.1. The smallest absolute Gasteiger partial charge is 0.252 e. The second-order valence-corrected chi connectivity index (χ2v) is 25.1. The van der Waals surface area contributed by atoms with E-state index < -0.39 is 239 Å². The van der Waals surface area contributed by atoms with Crippen LogP contribution in [0.1, 0.15) is 65.8 Å². The zero-order valence-electron chi connectivity index (χ0n) is 56.7. The van der Waals surface area contributed by atoms with E-state index in [1.807, 2.05) is 13.8 Å². The summed E-state index contributed by atoms with van der Waals surface area (Å²) in [6.45, 7) is 6.03. The Hall–Kier alpha value is -5.86. The van der Waals surface area contributed by atoms with E-state index in [4.69, 9.17) is 56.8 Å². The Morgan fingerprint density at radius 2 is 0.792 bits per heavy atom. The molecule has 0 radical (unpaired) electrons. The van der Waals surface area contributed by atoms with E-state index in [9.17, 15) is 90.0 Å². The second kappa shape index (κ2) is 36.7. The Labute approximate surface area is 577 Å². The van der Waals surface area contributed by atoms with Crippen LogP contribution in [0.2, 0.25) is 0 Å². The number of aromatic nitrogens is 6. The first-order valence-electron chi connectivity index (χ1n) is 33.2. The summed E-state index contributed by atoms with van der Waals surface area (Å²) in [5.41, 5.74) is 1.42. The van der Waals surface area contributed by atoms with Crippen molar-refractivity contribution in [3.63, 3.8) is 0 Å². The fraction of sp³-hybridized carbons (Fsp3) is 0.831. The van der Waals surface area contributed by atoms with Gasteiger partial charge in [-0.05, 0) is 32.6 Å². The van der Waals surface area contributed by atoms with Crippen molar-refractivity contribution in [1.82, 2.24) is 61.9 Å². The minimum absolute atomic E-state index is 0.0523. The van der Waals surface area contributed by atoms with Crippen molar-refractivity contribution in [1.29, 1.82) is 0 Å². The van der Waals surface area contributed by atoms with Crippen molar-refractivity contribution >= 4 is 35.4 Å². The van der Waals surface area contributed by atoms with Crippen LogP contribution in [-0.4, -0.2) is 358 Å². The van der Waals surface area contributed by atoms with Gasteiger partial charge in [0.05, 0.1) is 43.4 Å². The van der Waals surface area contributed by atoms with Gasteiger partial charge in [0.25, 0.3) is 17.7 Å². The highest BCUT2D eigenvalue weighted by molar-refractivity contribution is 5.83. The summed E-state index contributed by atoms with van der Waals surface area (Å²) in [5.74, 6) is -5.37. The molecule has 42 nitrogen and oxygen atoms in total. The third-order valence-electron chi connectivity index (χ3n) is 18.0. The maximum atomic E-state index is 14.7. The molecule has 0 spiro atoms. The van der Waals surface area contributed by atoms with Crippen LogP contribution in [-0.2, 0) is 112 Å². The summed E-state index contributed by atoms with van der Waals surface area (Å²) in [5, 5.41) is 169. The topological polar surface area (TPSA) is 590 Å². The molecule has 0 bridgehead atoms. The van der Waals surface area contributed by atoms with Crippen LogP contribution in [0.15, 0.2) is 12.4 Å². The van der Waals surface area contributed by atoms with Crippen molar-refractivity contribution in [2.45, 2.75) is 264 Å². The summed E-state index contributed by atoms with van der Waals surface area (Å²) < 4.78 is 75.1. The molecule has 572 valence electrons. The first kappa shape index (κ1) is 80.8. The molecular weight excluding hydrogens is 1360 g/mol. The highest BCUT2D eigenvalue weighted by atomic mass is 16.8. The Morgan fingerprint density at radius 3 is 1.14 bits per heavy atom. The average molecular weight is 1450 g/mol. The molecule has 0 aliphatic carbocycles. The van der Waals surface area contributed by atoms with Crippen LogP contribution in [0.4, 0.5) is 0 Å². The Morgan fingerprint density at radius 1 is 0.455 bits per heavy atom. The number of carbonyl (C=O) groups is 6. The molecular formula is C59H96N12O30. The van der Waals surface area contributed by atoms with Crippen LogP contribution in [0, 0.1) is 0 Å². The highest BCUT2D eigenvalue weighted by Gasteiger charge is 2.60. The number of rotatable bonds is 30. The molecule has 8 rings (SSSR count). The average Bonchev–Trinajstić information content (AvgIpc) is 1.35. The summed E-state index contributed by atoms with van der Waals surface area (Å²) in [4.78, 5) is 80.9. The number of hydrogen-bond donors (Lipinski definition) is 18. The number of aryl methyl sites for hydroxylation is 4. The van der Waals surface area contributed by atoms with Gasteiger partial charge in [0, 0.05) is 73.5 Å². The molecule has 2 aromatic rings. The summed E-state index contributed by atoms with van der Waals surface area (Å²) in [6, 6.07) is -4.90. The Balaban J connectivity index is 1.06. The van der Waals surface area contributed by atoms with Gasteiger partial charge < -0.3 is 150 Å². The van der Waals surface area contributed by atoms with Gasteiger partial charge in [-0.3, -0.25) is 38.1 Å². The molecule has 0 aromatic carbocycles. The number of likely N-dealkylation sites (N-methyl/N-ethyl adjacent to an activating group) is 1. The number of amides is 6. The molecule has 6 aliphatic rings. The fourth-order valence-electron chi connectivity index (χ4n) is 12.6. The zero-order chi connectivity index (χ0) is 73.8. The van der Waals surface area contributed by atoms with E-state index >= 15 is 0 Å². The maximum absolute atomic E-state index is 14.7. The minimum Gasteiger partial charge on any atom is -0.394 e.